The Balaban J connectivity index is 1.95. The summed E-state index contributed by atoms with van der Waals surface area (Å²) < 4.78 is 5.20. The molecule has 0 fully saturated rings. The first kappa shape index (κ1) is 12.2. The molecule has 0 saturated carbocycles. The van der Waals surface area contributed by atoms with Gasteiger partial charge in [-0.3, -0.25) is 9.89 Å². The van der Waals surface area contributed by atoms with Crippen molar-refractivity contribution in [2.24, 2.45) is 0 Å². The summed E-state index contributed by atoms with van der Waals surface area (Å²) in [6.07, 6.45) is 1.69. The predicted octanol–water partition coefficient (Wildman–Crippen LogP) is 2.82. The van der Waals surface area contributed by atoms with Crippen LogP contribution in [0.5, 0.6) is 5.75 Å². The van der Waals surface area contributed by atoms with E-state index in [1.54, 1.807) is 31.5 Å². The first-order valence-corrected chi connectivity index (χ1v) is 6.16. The van der Waals surface area contributed by atoms with E-state index in [1.165, 1.54) is 0 Å². The van der Waals surface area contributed by atoms with Crippen molar-refractivity contribution in [3.8, 4) is 5.75 Å². The fourth-order valence-electron chi connectivity index (χ4n) is 2.10. The Kier molecular flexibility index (Phi) is 3.09. The van der Waals surface area contributed by atoms with Gasteiger partial charge < -0.3 is 10.1 Å². The Bertz CT molecular complexity index is 764. The fourth-order valence-corrected chi connectivity index (χ4v) is 2.10. The molecule has 5 nitrogen and oxygen atoms in total. The number of para-hydroxylation sites is 1. The zero-order chi connectivity index (χ0) is 13.9. The number of hydrogen-bond acceptors (Lipinski definition) is 3. The van der Waals surface area contributed by atoms with Crippen LogP contribution in [0.4, 0.5) is 5.69 Å². The standard InChI is InChI=1S/C15H13N3O2/c1-20-14-8-3-2-5-10(14)15(19)17-12-6-4-7-13-11(12)9-16-18-13/h2-9H,1H3,(H,16,18)(H,17,19). The number of rotatable bonds is 3. The van der Waals surface area contributed by atoms with E-state index in [-0.39, 0.29) is 5.91 Å². The number of aromatic amines is 1. The summed E-state index contributed by atoms with van der Waals surface area (Å²) in [6, 6.07) is 12.7. The molecule has 0 aliphatic rings. The van der Waals surface area contributed by atoms with E-state index in [9.17, 15) is 4.79 Å². The lowest BCUT2D eigenvalue weighted by molar-refractivity contribution is 0.102. The first-order valence-electron chi connectivity index (χ1n) is 6.16. The summed E-state index contributed by atoms with van der Waals surface area (Å²) in [5, 5.41) is 10.6. The highest BCUT2D eigenvalue weighted by Gasteiger charge is 2.13. The van der Waals surface area contributed by atoms with Gasteiger partial charge in [-0.15, -0.1) is 0 Å². The molecule has 1 amide bonds. The predicted molar refractivity (Wildman–Crippen MR) is 77.0 cm³/mol. The number of carbonyl (C=O) groups is 1. The van der Waals surface area contributed by atoms with Crippen LogP contribution >= 0.6 is 0 Å². The highest BCUT2D eigenvalue weighted by Crippen LogP contribution is 2.23. The van der Waals surface area contributed by atoms with Crippen LogP contribution in [-0.2, 0) is 0 Å². The number of aromatic nitrogens is 2. The summed E-state index contributed by atoms with van der Waals surface area (Å²) in [5.74, 6) is 0.334. The maximum absolute atomic E-state index is 12.3. The molecule has 0 bridgehead atoms. The molecule has 3 aromatic rings. The van der Waals surface area contributed by atoms with Crippen LogP contribution in [0, 0.1) is 0 Å². The molecule has 0 aliphatic heterocycles. The number of anilines is 1. The van der Waals surface area contributed by atoms with Crippen molar-refractivity contribution in [2.45, 2.75) is 0 Å². The molecule has 1 heterocycles. The average Bonchev–Trinajstić information content (AvgIpc) is 2.96. The molecule has 0 atom stereocenters. The number of benzene rings is 2. The van der Waals surface area contributed by atoms with Crippen molar-refractivity contribution in [2.75, 3.05) is 12.4 Å². The molecule has 0 radical (unpaired) electrons. The highest BCUT2D eigenvalue weighted by molar-refractivity contribution is 6.09. The van der Waals surface area contributed by atoms with Crippen LogP contribution in [-0.4, -0.2) is 23.2 Å². The Morgan fingerprint density at radius 1 is 1.20 bits per heavy atom. The number of fused-ring (bicyclic) bond motifs is 1. The zero-order valence-electron chi connectivity index (χ0n) is 10.9. The van der Waals surface area contributed by atoms with Gasteiger partial charge in [0, 0.05) is 5.39 Å². The fraction of sp³-hybridized carbons (Fsp3) is 0.0667. The molecule has 3 rings (SSSR count). The molecule has 100 valence electrons. The van der Waals surface area contributed by atoms with E-state index in [1.807, 2.05) is 24.3 Å². The quantitative estimate of drug-likeness (QED) is 0.766. The summed E-state index contributed by atoms with van der Waals surface area (Å²) in [4.78, 5) is 12.3. The number of amides is 1. The van der Waals surface area contributed by atoms with Gasteiger partial charge in [-0.05, 0) is 24.3 Å². The highest BCUT2D eigenvalue weighted by atomic mass is 16.5. The second-order valence-corrected chi connectivity index (χ2v) is 4.29. The van der Waals surface area contributed by atoms with Gasteiger partial charge in [0.25, 0.3) is 5.91 Å². The lowest BCUT2D eigenvalue weighted by Gasteiger charge is -2.09. The average molecular weight is 267 g/mol. The molecule has 2 aromatic carbocycles. The minimum atomic E-state index is -0.212. The summed E-state index contributed by atoms with van der Waals surface area (Å²) in [5.41, 5.74) is 2.09. The molecule has 0 unspecified atom stereocenters. The number of nitrogens with one attached hydrogen (secondary N) is 2. The van der Waals surface area contributed by atoms with Gasteiger partial charge >= 0.3 is 0 Å². The third-order valence-corrected chi connectivity index (χ3v) is 3.08. The minimum Gasteiger partial charge on any atom is -0.496 e. The van der Waals surface area contributed by atoms with Crippen molar-refractivity contribution >= 4 is 22.5 Å². The third-order valence-electron chi connectivity index (χ3n) is 3.08. The van der Waals surface area contributed by atoms with Gasteiger partial charge in [0.2, 0.25) is 0 Å². The van der Waals surface area contributed by atoms with Crippen molar-refractivity contribution in [3.63, 3.8) is 0 Å². The third kappa shape index (κ3) is 2.09. The number of ether oxygens (including phenoxy) is 1. The van der Waals surface area contributed by atoms with Crippen LogP contribution < -0.4 is 10.1 Å². The molecule has 5 heteroatoms. The molecule has 20 heavy (non-hydrogen) atoms. The minimum absolute atomic E-state index is 0.212. The number of H-pyrrole nitrogens is 1. The van der Waals surface area contributed by atoms with Crippen LogP contribution in [0.15, 0.2) is 48.7 Å². The summed E-state index contributed by atoms with van der Waals surface area (Å²) >= 11 is 0. The van der Waals surface area contributed by atoms with E-state index >= 15 is 0 Å². The van der Waals surface area contributed by atoms with Crippen LogP contribution in [0.3, 0.4) is 0 Å². The van der Waals surface area contributed by atoms with Gasteiger partial charge in [-0.2, -0.15) is 5.10 Å². The van der Waals surface area contributed by atoms with Gasteiger partial charge in [0.1, 0.15) is 5.75 Å². The van der Waals surface area contributed by atoms with Crippen LogP contribution in [0.1, 0.15) is 10.4 Å². The van der Waals surface area contributed by atoms with E-state index in [0.717, 1.165) is 10.9 Å². The number of methoxy groups -OCH3 is 1. The zero-order valence-corrected chi connectivity index (χ0v) is 10.9. The topological polar surface area (TPSA) is 67.0 Å². The van der Waals surface area contributed by atoms with Gasteiger partial charge in [-0.1, -0.05) is 18.2 Å². The Hall–Kier alpha value is -2.82. The monoisotopic (exact) mass is 267 g/mol. The van der Waals surface area contributed by atoms with Crippen molar-refractivity contribution in [3.05, 3.63) is 54.2 Å². The number of hydrogen-bond donors (Lipinski definition) is 2. The van der Waals surface area contributed by atoms with E-state index < -0.39 is 0 Å². The first-order chi connectivity index (χ1) is 9.79. The number of carbonyl (C=O) groups excluding carboxylic acids is 1. The molecule has 0 saturated heterocycles. The van der Waals surface area contributed by atoms with Gasteiger partial charge in [-0.25, -0.2) is 0 Å². The van der Waals surface area contributed by atoms with E-state index in [2.05, 4.69) is 15.5 Å². The molecule has 0 spiro atoms. The van der Waals surface area contributed by atoms with E-state index in [0.29, 0.717) is 17.0 Å². The molecular formula is C15H13N3O2. The Labute approximate surface area is 115 Å². The van der Waals surface area contributed by atoms with Gasteiger partial charge in [0.05, 0.1) is 30.1 Å². The smallest absolute Gasteiger partial charge is 0.259 e. The van der Waals surface area contributed by atoms with Crippen LogP contribution in [0.25, 0.3) is 10.9 Å². The Morgan fingerprint density at radius 2 is 2.05 bits per heavy atom. The lowest BCUT2D eigenvalue weighted by atomic mass is 10.1. The maximum Gasteiger partial charge on any atom is 0.259 e. The van der Waals surface area contributed by atoms with Crippen molar-refractivity contribution in [1.82, 2.24) is 10.2 Å². The summed E-state index contributed by atoms with van der Waals surface area (Å²) in [7, 11) is 1.54. The van der Waals surface area contributed by atoms with Crippen molar-refractivity contribution in [1.29, 1.82) is 0 Å². The van der Waals surface area contributed by atoms with E-state index in [4.69, 9.17) is 4.74 Å². The molecule has 0 aliphatic carbocycles. The molecule has 2 N–H and O–H groups in total. The second-order valence-electron chi connectivity index (χ2n) is 4.29. The normalized spacial score (nSPS) is 10.4. The Morgan fingerprint density at radius 3 is 2.90 bits per heavy atom. The van der Waals surface area contributed by atoms with Gasteiger partial charge in [0.15, 0.2) is 0 Å². The second kappa shape index (κ2) is 5.05. The SMILES string of the molecule is COc1ccccc1C(=O)Nc1cccc2[nH]ncc12. The lowest BCUT2D eigenvalue weighted by Crippen LogP contribution is -2.13. The molecule has 1 aromatic heterocycles. The van der Waals surface area contributed by atoms with Crippen LogP contribution in [0.2, 0.25) is 0 Å². The maximum atomic E-state index is 12.3. The summed E-state index contributed by atoms with van der Waals surface area (Å²) in [6.45, 7) is 0. The number of nitrogens with zero attached hydrogens (tertiary/aromatic N) is 1. The van der Waals surface area contributed by atoms with Crippen molar-refractivity contribution < 1.29 is 9.53 Å². The molecular weight excluding hydrogens is 254 g/mol. The largest absolute Gasteiger partial charge is 0.496 e.